The first-order valence-corrected chi connectivity index (χ1v) is 21.9. The number of carbonyl (C=O) groups is 3. The first-order valence-electron chi connectivity index (χ1n) is 21.9. The maximum Gasteiger partial charge on any atom is 0.328 e. The van der Waals surface area contributed by atoms with Gasteiger partial charge < -0.3 is 24.6 Å². The number of hydrogen-bond acceptors (Lipinski definition) is 11. The van der Waals surface area contributed by atoms with E-state index in [0.29, 0.717) is 52.8 Å². The number of H-pyrrole nitrogens is 1. The SMILES string of the molecule is Cc1cc(N2CCC(CN3CCN(c4ccc5c(c4)[nH]c4ncnc(-c6ccc([C@@H](C)NC(=O)c7noc(C(C)(C)C)n7)c(C)c6F)c45)CC3)CC2)ccc1N1CCC(=O)NC1=O. The summed E-state index contributed by atoms with van der Waals surface area (Å²) in [6.07, 6.45) is 4.03. The van der Waals surface area contributed by atoms with Gasteiger partial charge in [0, 0.05) is 97.7 Å². The molecular weight excluding hydrogens is 802 g/mol. The van der Waals surface area contributed by atoms with E-state index >= 15 is 4.39 Å². The van der Waals surface area contributed by atoms with Gasteiger partial charge in [0.2, 0.25) is 11.8 Å². The average molecular weight is 856 g/mol. The summed E-state index contributed by atoms with van der Waals surface area (Å²) in [6, 6.07) is 15.3. The van der Waals surface area contributed by atoms with Crippen LogP contribution in [0.2, 0.25) is 0 Å². The van der Waals surface area contributed by atoms with E-state index in [1.54, 1.807) is 24.8 Å². The number of rotatable bonds is 9. The lowest BCUT2D eigenvalue weighted by Gasteiger charge is -2.40. The predicted molar refractivity (Wildman–Crippen MR) is 241 cm³/mol. The van der Waals surface area contributed by atoms with Gasteiger partial charge in [0.25, 0.3) is 11.7 Å². The Morgan fingerprint density at radius 1 is 0.937 bits per heavy atom. The number of piperidine rings is 1. The predicted octanol–water partition coefficient (Wildman–Crippen LogP) is 7.19. The Balaban J connectivity index is 0.816. The second-order valence-corrected chi connectivity index (χ2v) is 18.3. The van der Waals surface area contributed by atoms with Crippen molar-refractivity contribution in [1.82, 2.24) is 40.6 Å². The van der Waals surface area contributed by atoms with E-state index in [1.807, 2.05) is 39.8 Å². The molecule has 16 heteroatoms. The number of amides is 4. The molecule has 3 aliphatic rings. The van der Waals surface area contributed by atoms with Crippen molar-refractivity contribution in [3.63, 3.8) is 0 Å². The van der Waals surface area contributed by atoms with Crippen LogP contribution in [-0.2, 0) is 10.2 Å². The van der Waals surface area contributed by atoms with Crippen molar-refractivity contribution >= 4 is 56.8 Å². The minimum Gasteiger partial charge on any atom is -0.372 e. The zero-order valence-corrected chi connectivity index (χ0v) is 36.7. The van der Waals surface area contributed by atoms with Crippen LogP contribution in [-0.4, -0.2) is 100 Å². The van der Waals surface area contributed by atoms with Crippen molar-refractivity contribution in [2.24, 2.45) is 5.92 Å². The van der Waals surface area contributed by atoms with Gasteiger partial charge in [0.15, 0.2) is 0 Å². The number of fused-ring (bicyclic) bond motifs is 3. The maximum absolute atomic E-state index is 16.4. The van der Waals surface area contributed by atoms with E-state index in [4.69, 9.17) is 4.52 Å². The fourth-order valence-electron chi connectivity index (χ4n) is 9.29. The van der Waals surface area contributed by atoms with Gasteiger partial charge in [-0.1, -0.05) is 38.1 Å². The number of imide groups is 1. The van der Waals surface area contributed by atoms with E-state index in [2.05, 4.69) is 80.8 Å². The number of piperazine rings is 1. The Labute approximate surface area is 365 Å². The summed E-state index contributed by atoms with van der Waals surface area (Å²) in [5.41, 5.74) is 7.23. The molecule has 0 aliphatic carbocycles. The molecule has 6 heterocycles. The molecule has 6 aromatic rings. The minimum atomic E-state index is -0.524. The maximum atomic E-state index is 16.4. The highest BCUT2D eigenvalue weighted by Gasteiger charge is 2.29. The highest BCUT2D eigenvalue weighted by molar-refractivity contribution is 6.12. The van der Waals surface area contributed by atoms with E-state index < -0.39 is 23.2 Å². The number of carbonyl (C=O) groups excluding carboxylic acids is 3. The lowest BCUT2D eigenvalue weighted by molar-refractivity contribution is -0.120. The normalized spacial score (nSPS) is 17.5. The van der Waals surface area contributed by atoms with Crippen LogP contribution in [0, 0.1) is 25.6 Å². The van der Waals surface area contributed by atoms with Crippen LogP contribution in [0.15, 0.2) is 59.4 Å². The molecule has 0 radical (unpaired) electrons. The van der Waals surface area contributed by atoms with Crippen molar-refractivity contribution in [1.29, 1.82) is 0 Å². The zero-order valence-electron chi connectivity index (χ0n) is 36.7. The molecule has 3 N–H and O–H groups in total. The Morgan fingerprint density at radius 3 is 2.38 bits per heavy atom. The summed E-state index contributed by atoms with van der Waals surface area (Å²) in [4.78, 5) is 63.0. The molecule has 0 bridgehead atoms. The van der Waals surface area contributed by atoms with Crippen molar-refractivity contribution in [3.8, 4) is 11.3 Å². The van der Waals surface area contributed by atoms with Crippen LogP contribution in [0.5, 0.6) is 0 Å². The molecule has 3 aliphatic heterocycles. The minimum absolute atomic E-state index is 0.0666. The standard InChI is InChI=1S/C47H54FN11O4/c1-27-23-31(8-12-37(27)59-18-15-38(60)53-46(59)62)57-16-13-30(14-17-57)25-56-19-21-58(22-20-56)32-7-9-34-36(24-32)52-42-39(34)41(49-26-50-42)35-11-10-33(28(2)40(35)48)29(3)51-44(61)43-54-45(63-55-43)47(4,5)6/h7-12,23-24,26,29-30H,13-22,25H2,1-6H3,(H,51,61)(H,49,50,52)(H,53,60,62)/t29-/m1/s1. The van der Waals surface area contributed by atoms with E-state index in [-0.39, 0.29) is 17.8 Å². The third kappa shape index (κ3) is 8.31. The Hall–Kier alpha value is -6.42. The average Bonchev–Trinajstić information content (AvgIpc) is 3.92. The summed E-state index contributed by atoms with van der Waals surface area (Å²) in [7, 11) is 0. The molecule has 0 unspecified atom stereocenters. The molecule has 0 saturated carbocycles. The van der Waals surface area contributed by atoms with Crippen molar-refractivity contribution in [2.75, 3.05) is 67.1 Å². The molecule has 3 fully saturated rings. The van der Waals surface area contributed by atoms with Crippen molar-refractivity contribution in [3.05, 3.63) is 89.1 Å². The van der Waals surface area contributed by atoms with Crippen LogP contribution >= 0.6 is 0 Å². The molecule has 63 heavy (non-hydrogen) atoms. The topological polar surface area (TPSA) is 169 Å². The Morgan fingerprint density at radius 2 is 1.67 bits per heavy atom. The first kappa shape index (κ1) is 41.9. The molecule has 3 aromatic carbocycles. The Kier molecular flexibility index (Phi) is 11.1. The first-order chi connectivity index (χ1) is 30.2. The molecule has 15 nitrogen and oxygen atoms in total. The fraction of sp³-hybridized carbons (Fsp3) is 0.426. The second-order valence-electron chi connectivity index (χ2n) is 18.3. The highest BCUT2D eigenvalue weighted by Crippen LogP contribution is 2.37. The third-order valence-corrected chi connectivity index (χ3v) is 12.9. The number of halogens is 1. The second kappa shape index (κ2) is 16.7. The van der Waals surface area contributed by atoms with Gasteiger partial charge in [0.05, 0.1) is 17.1 Å². The van der Waals surface area contributed by atoms with Gasteiger partial charge in [-0.05, 0) is 92.6 Å². The smallest absolute Gasteiger partial charge is 0.328 e. The number of aryl methyl sites for hydroxylation is 1. The fourth-order valence-corrected chi connectivity index (χ4v) is 9.29. The van der Waals surface area contributed by atoms with Gasteiger partial charge in [-0.2, -0.15) is 4.98 Å². The van der Waals surface area contributed by atoms with Gasteiger partial charge in [-0.25, -0.2) is 19.2 Å². The number of aromatic amines is 1. The summed E-state index contributed by atoms with van der Waals surface area (Å²) in [5.74, 6) is -0.205. The molecule has 9 rings (SSSR count). The molecule has 1 atom stereocenters. The van der Waals surface area contributed by atoms with Crippen LogP contribution < -0.4 is 25.3 Å². The number of nitrogens with one attached hydrogen (secondary N) is 3. The van der Waals surface area contributed by atoms with Crippen LogP contribution in [0.3, 0.4) is 0 Å². The van der Waals surface area contributed by atoms with Gasteiger partial charge in [0.1, 0.15) is 17.8 Å². The van der Waals surface area contributed by atoms with Gasteiger partial charge in [-0.15, -0.1) is 0 Å². The molecule has 3 saturated heterocycles. The highest BCUT2D eigenvalue weighted by atomic mass is 19.1. The quantitative estimate of drug-likeness (QED) is 0.135. The Bertz CT molecular complexity index is 2730. The number of urea groups is 1. The van der Waals surface area contributed by atoms with Gasteiger partial charge in [-0.3, -0.25) is 24.7 Å². The van der Waals surface area contributed by atoms with Crippen LogP contribution in [0.25, 0.3) is 33.2 Å². The number of hydrogen-bond donors (Lipinski definition) is 3. The number of anilines is 3. The lowest BCUT2D eigenvalue weighted by Crippen LogP contribution is -2.49. The lowest BCUT2D eigenvalue weighted by atomic mass is 9.95. The third-order valence-electron chi connectivity index (χ3n) is 12.9. The molecular formula is C47H54FN11O4. The summed E-state index contributed by atoms with van der Waals surface area (Å²) >= 11 is 0. The van der Waals surface area contributed by atoms with Crippen LogP contribution in [0.1, 0.15) is 86.2 Å². The summed E-state index contributed by atoms with van der Waals surface area (Å²) in [6.45, 7) is 18.6. The molecule has 3 aromatic heterocycles. The summed E-state index contributed by atoms with van der Waals surface area (Å²) < 4.78 is 21.6. The van der Waals surface area contributed by atoms with Gasteiger partial charge >= 0.3 is 6.03 Å². The largest absolute Gasteiger partial charge is 0.372 e. The molecule has 4 amide bonds. The number of benzene rings is 3. The van der Waals surface area contributed by atoms with Crippen molar-refractivity contribution in [2.45, 2.75) is 72.3 Å². The van der Waals surface area contributed by atoms with Crippen LogP contribution in [0.4, 0.5) is 26.2 Å². The van der Waals surface area contributed by atoms with E-state index in [1.165, 1.54) is 12.0 Å². The number of aromatic nitrogens is 5. The van der Waals surface area contributed by atoms with E-state index in [0.717, 1.165) is 91.9 Å². The molecule has 328 valence electrons. The molecule has 0 spiro atoms. The van der Waals surface area contributed by atoms with Crippen molar-refractivity contribution < 1.29 is 23.3 Å². The monoisotopic (exact) mass is 855 g/mol. The zero-order chi connectivity index (χ0) is 44.2. The summed E-state index contributed by atoms with van der Waals surface area (Å²) in [5, 5.41) is 10.8. The van der Waals surface area contributed by atoms with E-state index in [9.17, 15) is 14.4 Å². The number of nitrogens with zero attached hydrogens (tertiary/aromatic N) is 8.